The van der Waals surface area contributed by atoms with Crippen LogP contribution < -0.4 is 25.6 Å². The molecular formula is C50H60ClN9O6S. The monoisotopic (exact) mass is 949 g/mol. The molecule has 1 unspecified atom stereocenters. The molecule has 4 amide bonds. The zero-order chi connectivity index (χ0) is 47.6. The number of hydrogen-bond donors (Lipinski definition) is 4. The average Bonchev–Trinajstić information content (AvgIpc) is 4.10. The first-order chi connectivity index (χ1) is 32.0. The zero-order valence-corrected chi connectivity index (χ0v) is 40.3. The summed E-state index contributed by atoms with van der Waals surface area (Å²) in [5, 5.41) is 29.2. The molecule has 67 heavy (non-hydrogen) atoms. The Kier molecular flexibility index (Phi) is 14.5. The molecule has 17 heteroatoms. The van der Waals surface area contributed by atoms with E-state index in [9.17, 15) is 24.3 Å². The van der Waals surface area contributed by atoms with E-state index in [1.165, 1.54) is 4.90 Å². The molecule has 8 rings (SSSR count). The molecule has 1 saturated carbocycles. The molecule has 4 aliphatic rings. The number of aromatic nitrogens is 2. The molecule has 2 aromatic carbocycles. The molecule has 0 spiro atoms. The van der Waals surface area contributed by atoms with Gasteiger partial charge in [0.25, 0.3) is 5.91 Å². The number of anilines is 1. The number of aliphatic hydroxyl groups is 1. The van der Waals surface area contributed by atoms with Crippen molar-refractivity contribution < 1.29 is 29.0 Å². The van der Waals surface area contributed by atoms with Crippen LogP contribution >= 0.6 is 22.9 Å². The van der Waals surface area contributed by atoms with Gasteiger partial charge in [-0.3, -0.25) is 24.1 Å². The van der Waals surface area contributed by atoms with Crippen LogP contribution in [0.4, 0.5) is 5.82 Å². The molecule has 4 aromatic rings. The molecule has 2 aromatic heterocycles. The minimum Gasteiger partial charge on any atom is -0.490 e. The number of carbonyl (C=O) groups excluding carboxylic acids is 4. The van der Waals surface area contributed by atoms with E-state index in [-0.39, 0.29) is 61.2 Å². The van der Waals surface area contributed by atoms with Crippen LogP contribution in [0, 0.1) is 23.7 Å². The van der Waals surface area contributed by atoms with E-state index in [1.807, 2.05) is 82.6 Å². The van der Waals surface area contributed by atoms with E-state index in [4.69, 9.17) is 21.6 Å². The number of fused-ring (bicyclic) bond motifs is 2. The average molecular weight is 951 g/mol. The normalized spacial score (nSPS) is 23.3. The fourth-order valence-corrected chi connectivity index (χ4v) is 10.8. The molecule has 354 valence electrons. The highest BCUT2D eigenvalue weighted by Gasteiger charge is 2.46. The smallest absolute Gasteiger partial charge is 0.253 e. The Hall–Kier alpha value is -5.60. The summed E-state index contributed by atoms with van der Waals surface area (Å²) in [4.78, 5) is 70.6. The Balaban J connectivity index is 0.751. The molecule has 6 atom stereocenters. The summed E-state index contributed by atoms with van der Waals surface area (Å²) in [6.07, 6.45) is 5.01. The van der Waals surface area contributed by atoms with Gasteiger partial charge in [-0.25, -0.2) is 9.97 Å². The van der Waals surface area contributed by atoms with Gasteiger partial charge in [0.15, 0.2) is 0 Å². The van der Waals surface area contributed by atoms with Crippen LogP contribution in [0.5, 0.6) is 5.75 Å². The number of ether oxygens (including phenoxy) is 1. The van der Waals surface area contributed by atoms with Crippen LogP contribution in [0.25, 0.3) is 10.4 Å². The molecule has 15 nitrogen and oxygen atoms in total. The number of carbonyl (C=O) groups is 4. The Morgan fingerprint density at radius 3 is 2.39 bits per heavy atom. The van der Waals surface area contributed by atoms with Crippen LogP contribution in [0.1, 0.15) is 106 Å². The first-order valence-electron chi connectivity index (χ1n) is 23.3. The van der Waals surface area contributed by atoms with Crippen LogP contribution in [-0.2, 0) is 14.4 Å². The molecule has 5 heterocycles. The SMILES string of the molecule is Cc1ncsc1-c1ccc([C@H](C)NC(=O)[C@@H]2C[C@@H](O)CN2C(=O)C(NC(=O)CCCCN2C[C@H]3C[C@@H]2CN3c2ccc(C(=O)NC3CC(Oc4ccc(C#N)c(Cl)c4)C3)cn2)C(C)(C)C)cc1. The van der Waals surface area contributed by atoms with Crippen molar-refractivity contribution in [2.45, 2.75) is 128 Å². The summed E-state index contributed by atoms with van der Waals surface area (Å²) in [7, 11) is 0. The van der Waals surface area contributed by atoms with E-state index in [0.29, 0.717) is 53.2 Å². The Bertz CT molecular complexity index is 2480. The highest BCUT2D eigenvalue weighted by molar-refractivity contribution is 7.13. The number of aliphatic hydroxyl groups excluding tert-OH is 1. The second-order valence-electron chi connectivity index (χ2n) is 19.6. The quantitative estimate of drug-likeness (QED) is 0.0938. The lowest BCUT2D eigenvalue weighted by atomic mass is 9.85. The summed E-state index contributed by atoms with van der Waals surface area (Å²) in [6, 6.07) is 17.4. The maximum atomic E-state index is 14.2. The van der Waals surface area contributed by atoms with Crippen molar-refractivity contribution in [3.8, 4) is 22.3 Å². The van der Waals surface area contributed by atoms with Crippen molar-refractivity contribution in [1.29, 1.82) is 5.26 Å². The maximum Gasteiger partial charge on any atom is 0.253 e. The molecule has 2 bridgehead atoms. The lowest BCUT2D eigenvalue weighted by Crippen LogP contribution is -2.57. The standard InChI is InChI=1S/C50H60ClN9O6S/c1-29(31-9-11-32(12-10-31)45-30(2)54-28-67-45)55-48(64)42-21-38(61)27-60(42)49(65)46(50(3,4)5)57-44(62)8-6-7-17-58-25-37-20-36(58)26-59(37)43-16-14-34(24-53-43)47(63)56-35-18-40(19-35)66-39-15-13-33(23-52)41(51)22-39/h9-16,22,24,28-29,35-38,40,42,46,61H,6-8,17-21,25-27H2,1-5H3,(H,55,64)(H,56,63)(H,57,62)/t29-,35?,36+,37+,38+,40?,42-,46?/m0/s1. The van der Waals surface area contributed by atoms with Gasteiger partial charge in [0.1, 0.15) is 35.8 Å². The minimum atomic E-state index is -0.878. The number of unbranched alkanes of at least 4 members (excludes halogenated alkanes) is 1. The van der Waals surface area contributed by atoms with Crippen molar-refractivity contribution in [3.05, 3.63) is 93.7 Å². The number of aryl methyl sites for hydroxylation is 1. The second kappa shape index (κ2) is 20.3. The number of piperazine rings is 1. The highest BCUT2D eigenvalue weighted by Crippen LogP contribution is 2.35. The minimum absolute atomic E-state index is 0.000524. The molecule has 1 aliphatic carbocycles. The number of halogens is 1. The lowest BCUT2D eigenvalue weighted by molar-refractivity contribution is -0.144. The fourth-order valence-electron chi connectivity index (χ4n) is 9.74. The number of thiazole rings is 1. The van der Waals surface area contributed by atoms with Crippen LogP contribution in [0.15, 0.2) is 66.3 Å². The van der Waals surface area contributed by atoms with Gasteiger partial charge in [0.05, 0.1) is 44.4 Å². The fraction of sp³-hybridized carbons (Fsp3) is 0.500. The third-order valence-electron chi connectivity index (χ3n) is 13.6. The van der Waals surface area contributed by atoms with Crippen LogP contribution in [0.2, 0.25) is 5.02 Å². The van der Waals surface area contributed by atoms with Gasteiger partial charge in [0.2, 0.25) is 17.7 Å². The van der Waals surface area contributed by atoms with E-state index in [0.717, 1.165) is 60.0 Å². The Labute approximate surface area is 401 Å². The molecular weight excluding hydrogens is 890 g/mol. The number of likely N-dealkylation sites (tertiary alicyclic amines) is 2. The van der Waals surface area contributed by atoms with E-state index in [1.54, 1.807) is 35.7 Å². The number of rotatable bonds is 16. The molecule has 0 radical (unpaired) electrons. The second-order valence-corrected chi connectivity index (χ2v) is 20.8. The maximum absolute atomic E-state index is 14.2. The van der Waals surface area contributed by atoms with Gasteiger partial charge < -0.3 is 35.6 Å². The van der Waals surface area contributed by atoms with Gasteiger partial charge in [-0.15, -0.1) is 11.3 Å². The Morgan fingerprint density at radius 1 is 0.970 bits per heavy atom. The highest BCUT2D eigenvalue weighted by atomic mass is 35.5. The third-order valence-corrected chi connectivity index (χ3v) is 14.9. The third kappa shape index (κ3) is 11.1. The first kappa shape index (κ1) is 47.9. The van der Waals surface area contributed by atoms with Crippen LogP contribution in [0.3, 0.4) is 0 Å². The Morgan fingerprint density at radius 2 is 1.75 bits per heavy atom. The van der Waals surface area contributed by atoms with Crippen molar-refractivity contribution in [1.82, 2.24) is 35.7 Å². The summed E-state index contributed by atoms with van der Waals surface area (Å²) in [6.45, 7) is 12.2. The van der Waals surface area contributed by atoms with Gasteiger partial charge >= 0.3 is 0 Å². The predicted octanol–water partition coefficient (Wildman–Crippen LogP) is 6.18. The van der Waals surface area contributed by atoms with E-state index in [2.05, 4.69) is 35.7 Å². The molecule has 4 fully saturated rings. The zero-order valence-electron chi connectivity index (χ0n) is 38.7. The van der Waals surface area contributed by atoms with Crippen molar-refractivity contribution in [2.75, 3.05) is 31.1 Å². The van der Waals surface area contributed by atoms with E-state index >= 15 is 0 Å². The topological polar surface area (TPSA) is 193 Å². The number of benzene rings is 2. The van der Waals surface area contributed by atoms with Crippen molar-refractivity contribution >= 4 is 52.4 Å². The van der Waals surface area contributed by atoms with E-state index < -0.39 is 23.6 Å². The number of nitriles is 1. The number of β-amino-alcohol motifs (C(OH)–C–C–N with tert-alkyl or cyclic N) is 1. The summed E-state index contributed by atoms with van der Waals surface area (Å²) >= 11 is 7.71. The lowest BCUT2D eigenvalue weighted by Gasteiger charge is -2.36. The van der Waals surface area contributed by atoms with Crippen LogP contribution in [-0.4, -0.2) is 117 Å². The van der Waals surface area contributed by atoms with Gasteiger partial charge in [-0.05, 0) is 80.5 Å². The molecule has 4 N–H and O–H groups in total. The van der Waals surface area contributed by atoms with Crippen molar-refractivity contribution in [3.63, 3.8) is 0 Å². The molecule has 3 aliphatic heterocycles. The number of amides is 4. The summed E-state index contributed by atoms with van der Waals surface area (Å²) < 4.78 is 5.96. The van der Waals surface area contributed by atoms with Gasteiger partial charge in [-0.1, -0.05) is 56.6 Å². The van der Waals surface area contributed by atoms with Gasteiger partial charge in [0, 0.05) is 75.7 Å². The number of nitrogens with zero attached hydrogens (tertiary/aromatic N) is 6. The number of pyridine rings is 1. The molecule has 3 saturated heterocycles. The first-order valence-corrected chi connectivity index (χ1v) is 24.5. The summed E-state index contributed by atoms with van der Waals surface area (Å²) in [5.74, 6) is 0.363. The number of hydrogen-bond acceptors (Lipinski definition) is 12. The summed E-state index contributed by atoms with van der Waals surface area (Å²) in [5.41, 5.74) is 5.03. The van der Waals surface area contributed by atoms with Crippen molar-refractivity contribution in [2.24, 2.45) is 5.41 Å². The van der Waals surface area contributed by atoms with Gasteiger partial charge in [-0.2, -0.15) is 5.26 Å². The number of nitrogens with one attached hydrogen (secondary N) is 3. The largest absolute Gasteiger partial charge is 0.490 e. The predicted molar refractivity (Wildman–Crippen MR) is 257 cm³/mol.